The number of nitrogens with one attached hydrogen (secondary N) is 1. The molecule has 0 unspecified atom stereocenters. The average molecular weight is 221 g/mol. The SMILES string of the molecule is C=C/C=C(\C=C/C)C(C)(C)NC(=O)C(C)C. The molecule has 0 aliphatic heterocycles. The fraction of sp³-hybridized carbons (Fsp3) is 0.500. The first-order valence-corrected chi connectivity index (χ1v) is 5.63. The monoisotopic (exact) mass is 221 g/mol. The smallest absolute Gasteiger partial charge is 0.223 e. The Hall–Kier alpha value is -1.31. The fourth-order valence-electron chi connectivity index (χ4n) is 1.30. The third-order valence-corrected chi connectivity index (χ3v) is 2.33. The summed E-state index contributed by atoms with van der Waals surface area (Å²) in [5.41, 5.74) is 0.668. The van der Waals surface area contributed by atoms with E-state index in [0.29, 0.717) is 0 Å². The van der Waals surface area contributed by atoms with Gasteiger partial charge in [0.25, 0.3) is 0 Å². The molecule has 0 rings (SSSR count). The van der Waals surface area contributed by atoms with E-state index >= 15 is 0 Å². The van der Waals surface area contributed by atoms with Gasteiger partial charge in [0.2, 0.25) is 5.91 Å². The Morgan fingerprint density at radius 3 is 2.31 bits per heavy atom. The van der Waals surface area contributed by atoms with Crippen LogP contribution in [-0.2, 0) is 4.79 Å². The number of hydrogen-bond donors (Lipinski definition) is 1. The van der Waals surface area contributed by atoms with E-state index in [1.807, 2.05) is 52.8 Å². The van der Waals surface area contributed by atoms with Crippen molar-refractivity contribution >= 4 is 5.91 Å². The van der Waals surface area contributed by atoms with Crippen LogP contribution < -0.4 is 5.32 Å². The van der Waals surface area contributed by atoms with E-state index in [0.717, 1.165) is 5.57 Å². The fourth-order valence-corrected chi connectivity index (χ4v) is 1.30. The Labute approximate surface area is 99.1 Å². The molecule has 0 heterocycles. The van der Waals surface area contributed by atoms with E-state index in [2.05, 4.69) is 11.9 Å². The molecule has 0 atom stereocenters. The van der Waals surface area contributed by atoms with E-state index in [1.165, 1.54) is 0 Å². The third-order valence-electron chi connectivity index (χ3n) is 2.33. The molecule has 0 aromatic heterocycles. The lowest BCUT2D eigenvalue weighted by Gasteiger charge is -2.29. The first kappa shape index (κ1) is 14.7. The molecular formula is C14H23NO. The second-order valence-corrected chi connectivity index (χ2v) is 4.63. The highest BCUT2D eigenvalue weighted by Gasteiger charge is 2.24. The summed E-state index contributed by atoms with van der Waals surface area (Å²) in [5, 5.41) is 3.02. The molecule has 0 saturated heterocycles. The molecule has 0 spiro atoms. The number of rotatable bonds is 5. The van der Waals surface area contributed by atoms with Crippen LogP contribution in [0.3, 0.4) is 0 Å². The molecule has 16 heavy (non-hydrogen) atoms. The molecule has 0 fully saturated rings. The van der Waals surface area contributed by atoms with Crippen LogP contribution >= 0.6 is 0 Å². The molecule has 0 radical (unpaired) electrons. The van der Waals surface area contributed by atoms with Crippen LogP contribution in [0.5, 0.6) is 0 Å². The van der Waals surface area contributed by atoms with Crippen molar-refractivity contribution < 1.29 is 4.79 Å². The minimum absolute atomic E-state index is 0.00476. The van der Waals surface area contributed by atoms with Gasteiger partial charge in [0, 0.05) is 5.92 Å². The van der Waals surface area contributed by atoms with Crippen LogP contribution in [-0.4, -0.2) is 11.4 Å². The summed E-state index contributed by atoms with van der Waals surface area (Å²) in [5.74, 6) is 0.0549. The van der Waals surface area contributed by atoms with Gasteiger partial charge < -0.3 is 5.32 Å². The van der Waals surface area contributed by atoms with Crippen LogP contribution in [0.15, 0.2) is 36.5 Å². The van der Waals surface area contributed by atoms with Gasteiger partial charge in [-0.1, -0.05) is 44.7 Å². The van der Waals surface area contributed by atoms with Gasteiger partial charge in [-0.3, -0.25) is 4.79 Å². The second-order valence-electron chi connectivity index (χ2n) is 4.63. The summed E-state index contributed by atoms with van der Waals surface area (Å²) in [7, 11) is 0. The molecule has 0 bridgehead atoms. The maximum Gasteiger partial charge on any atom is 0.223 e. The van der Waals surface area contributed by atoms with E-state index < -0.39 is 0 Å². The predicted molar refractivity (Wildman–Crippen MR) is 70.2 cm³/mol. The van der Waals surface area contributed by atoms with Gasteiger partial charge in [0.1, 0.15) is 0 Å². The Balaban J connectivity index is 4.93. The van der Waals surface area contributed by atoms with Crippen molar-refractivity contribution in [2.75, 3.05) is 0 Å². The average Bonchev–Trinajstić information content (AvgIpc) is 2.16. The van der Waals surface area contributed by atoms with Gasteiger partial charge in [-0.05, 0) is 26.3 Å². The Morgan fingerprint density at radius 1 is 1.38 bits per heavy atom. The van der Waals surface area contributed by atoms with Crippen molar-refractivity contribution in [3.63, 3.8) is 0 Å². The summed E-state index contributed by atoms with van der Waals surface area (Å²) < 4.78 is 0. The van der Waals surface area contributed by atoms with Crippen LogP contribution in [0.2, 0.25) is 0 Å². The van der Waals surface area contributed by atoms with Crippen LogP contribution in [0.1, 0.15) is 34.6 Å². The maximum absolute atomic E-state index is 11.7. The number of allylic oxidation sites excluding steroid dienone is 3. The molecule has 2 nitrogen and oxygen atoms in total. The Bertz CT molecular complexity index is 309. The minimum atomic E-state index is -0.373. The summed E-state index contributed by atoms with van der Waals surface area (Å²) >= 11 is 0. The maximum atomic E-state index is 11.7. The molecule has 1 amide bonds. The number of hydrogen-bond acceptors (Lipinski definition) is 1. The molecule has 0 saturated carbocycles. The van der Waals surface area contributed by atoms with Gasteiger partial charge in [0.05, 0.1) is 5.54 Å². The summed E-state index contributed by atoms with van der Waals surface area (Å²) in [6.45, 7) is 13.4. The molecule has 90 valence electrons. The van der Waals surface area contributed by atoms with Gasteiger partial charge in [-0.15, -0.1) is 0 Å². The first-order chi connectivity index (χ1) is 7.35. The highest BCUT2D eigenvalue weighted by molar-refractivity contribution is 5.79. The molecular weight excluding hydrogens is 198 g/mol. The van der Waals surface area contributed by atoms with E-state index in [4.69, 9.17) is 0 Å². The zero-order chi connectivity index (χ0) is 12.8. The molecule has 2 heteroatoms. The Kier molecular flexibility index (Phi) is 5.79. The van der Waals surface area contributed by atoms with Crippen LogP contribution in [0, 0.1) is 5.92 Å². The van der Waals surface area contributed by atoms with Crippen molar-refractivity contribution in [2.24, 2.45) is 5.92 Å². The van der Waals surface area contributed by atoms with Crippen molar-refractivity contribution in [2.45, 2.75) is 40.2 Å². The number of amides is 1. The summed E-state index contributed by atoms with van der Waals surface area (Å²) in [4.78, 5) is 11.7. The van der Waals surface area contributed by atoms with Gasteiger partial charge >= 0.3 is 0 Å². The van der Waals surface area contributed by atoms with Gasteiger partial charge in [-0.25, -0.2) is 0 Å². The zero-order valence-corrected chi connectivity index (χ0v) is 11.0. The molecule has 0 aliphatic rings. The van der Waals surface area contributed by atoms with E-state index in [-0.39, 0.29) is 17.4 Å². The first-order valence-electron chi connectivity index (χ1n) is 5.63. The predicted octanol–water partition coefficient (Wildman–Crippen LogP) is 3.23. The lowest BCUT2D eigenvalue weighted by molar-refractivity contribution is -0.125. The largest absolute Gasteiger partial charge is 0.347 e. The van der Waals surface area contributed by atoms with E-state index in [1.54, 1.807) is 6.08 Å². The number of carbonyl (C=O) groups excluding carboxylic acids is 1. The standard InChI is InChI=1S/C14H23NO/c1-7-9-12(10-8-2)14(5,6)15-13(16)11(3)4/h7-11H,1H2,2-6H3,(H,15,16)/b10-8-,12-9+. The molecule has 1 N–H and O–H groups in total. The highest BCUT2D eigenvalue weighted by atomic mass is 16.2. The zero-order valence-electron chi connectivity index (χ0n) is 11.0. The van der Waals surface area contributed by atoms with Crippen molar-refractivity contribution in [3.05, 3.63) is 36.5 Å². The normalized spacial score (nSPS) is 13.2. The van der Waals surface area contributed by atoms with Crippen molar-refractivity contribution in [3.8, 4) is 0 Å². The molecule has 0 aliphatic carbocycles. The lowest BCUT2D eigenvalue weighted by atomic mass is 9.92. The van der Waals surface area contributed by atoms with Gasteiger partial charge in [0.15, 0.2) is 0 Å². The van der Waals surface area contributed by atoms with Crippen molar-refractivity contribution in [1.82, 2.24) is 5.32 Å². The molecule has 0 aromatic carbocycles. The summed E-state index contributed by atoms with van der Waals surface area (Å²) in [6.07, 6.45) is 7.60. The lowest BCUT2D eigenvalue weighted by Crippen LogP contribution is -2.46. The quantitative estimate of drug-likeness (QED) is 0.710. The Morgan fingerprint density at radius 2 is 1.94 bits per heavy atom. The second kappa shape index (κ2) is 6.31. The highest BCUT2D eigenvalue weighted by Crippen LogP contribution is 2.18. The van der Waals surface area contributed by atoms with Crippen LogP contribution in [0.25, 0.3) is 0 Å². The molecule has 0 aromatic rings. The van der Waals surface area contributed by atoms with Crippen molar-refractivity contribution in [1.29, 1.82) is 0 Å². The third kappa shape index (κ3) is 4.47. The summed E-state index contributed by atoms with van der Waals surface area (Å²) in [6, 6.07) is 0. The number of carbonyl (C=O) groups is 1. The van der Waals surface area contributed by atoms with Gasteiger partial charge in [-0.2, -0.15) is 0 Å². The minimum Gasteiger partial charge on any atom is -0.347 e. The topological polar surface area (TPSA) is 29.1 Å². The van der Waals surface area contributed by atoms with E-state index in [9.17, 15) is 4.79 Å². The van der Waals surface area contributed by atoms with Crippen LogP contribution in [0.4, 0.5) is 0 Å².